The molecule has 0 bridgehead atoms. The van der Waals surface area contributed by atoms with Crippen molar-refractivity contribution in [1.82, 2.24) is 0 Å². The molecule has 0 unspecified atom stereocenters. The van der Waals surface area contributed by atoms with E-state index in [-0.39, 0.29) is 6.42 Å². The zero-order valence-corrected chi connectivity index (χ0v) is 14.0. The lowest BCUT2D eigenvalue weighted by atomic mass is 10.1. The van der Waals surface area contributed by atoms with Crippen LogP contribution in [0.1, 0.15) is 18.1 Å². The maximum Gasteiger partial charge on any atom is 0.311 e. The Morgan fingerprint density at radius 3 is 2.56 bits per heavy atom. The van der Waals surface area contributed by atoms with E-state index in [0.717, 1.165) is 0 Å². The van der Waals surface area contributed by atoms with Crippen molar-refractivity contribution in [2.45, 2.75) is 19.4 Å². The molecule has 2 rings (SSSR count). The highest BCUT2D eigenvalue weighted by atomic mass is 16.5. The van der Waals surface area contributed by atoms with Gasteiger partial charge in [-0.1, -0.05) is 30.3 Å². The highest BCUT2D eigenvalue weighted by Gasteiger charge is 2.19. The Bertz CT molecular complexity index is 811. The van der Waals surface area contributed by atoms with Crippen molar-refractivity contribution in [3.8, 4) is 11.8 Å². The average molecular weight is 338 g/mol. The molecule has 25 heavy (non-hydrogen) atoms. The fourth-order valence-corrected chi connectivity index (χ4v) is 2.22. The van der Waals surface area contributed by atoms with Crippen LogP contribution in [0.15, 0.2) is 48.5 Å². The highest BCUT2D eigenvalue weighted by Crippen LogP contribution is 2.19. The van der Waals surface area contributed by atoms with Gasteiger partial charge >= 0.3 is 5.97 Å². The van der Waals surface area contributed by atoms with Gasteiger partial charge in [-0.15, -0.1) is 0 Å². The molecule has 1 N–H and O–H groups in total. The predicted molar refractivity (Wildman–Crippen MR) is 92.0 cm³/mol. The molecule has 0 heterocycles. The smallest absolute Gasteiger partial charge is 0.311 e. The first-order valence-electron chi connectivity index (χ1n) is 7.66. The molecule has 0 fully saturated rings. The molecule has 0 spiro atoms. The number of anilines is 1. The number of ether oxygens (including phenoxy) is 2. The third-order valence-electron chi connectivity index (χ3n) is 3.51. The third kappa shape index (κ3) is 4.82. The molecule has 2 aromatic rings. The summed E-state index contributed by atoms with van der Waals surface area (Å²) in [6.45, 7) is 1.48. The number of para-hydroxylation sites is 2. The van der Waals surface area contributed by atoms with Gasteiger partial charge in [0.1, 0.15) is 11.8 Å². The number of benzene rings is 2. The number of methoxy groups -OCH3 is 1. The lowest BCUT2D eigenvalue weighted by Crippen LogP contribution is -2.30. The Morgan fingerprint density at radius 1 is 1.16 bits per heavy atom. The second-order valence-corrected chi connectivity index (χ2v) is 5.27. The Balaban J connectivity index is 1.96. The van der Waals surface area contributed by atoms with E-state index >= 15 is 0 Å². The quantitative estimate of drug-likeness (QED) is 0.818. The second-order valence-electron chi connectivity index (χ2n) is 5.27. The minimum atomic E-state index is -0.992. The van der Waals surface area contributed by atoms with Gasteiger partial charge in [-0.3, -0.25) is 9.59 Å². The molecule has 0 saturated carbocycles. The van der Waals surface area contributed by atoms with Gasteiger partial charge < -0.3 is 14.8 Å². The van der Waals surface area contributed by atoms with Gasteiger partial charge in [-0.2, -0.15) is 5.26 Å². The van der Waals surface area contributed by atoms with Crippen LogP contribution < -0.4 is 10.1 Å². The topological polar surface area (TPSA) is 88.4 Å². The Morgan fingerprint density at radius 2 is 1.84 bits per heavy atom. The summed E-state index contributed by atoms with van der Waals surface area (Å²) < 4.78 is 10.4. The molecule has 1 atom stereocenters. The first kappa shape index (κ1) is 18.0. The normalized spacial score (nSPS) is 11.1. The van der Waals surface area contributed by atoms with Gasteiger partial charge in [0.2, 0.25) is 0 Å². The van der Waals surface area contributed by atoms with Crippen LogP contribution in [0.5, 0.6) is 5.75 Å². The molecule has 6 nitrogen and oxygen atoms in total. The Kier molecular flexibility index (Phi) is 6.13. The molecule has 2 aromatic carbocycles. The number of nitriles is 1. The summed E-state index contributed by atoms with van der Waals surface area (Å²) in [5.74, 6) is -0.462. The van der Waals surface area contributed by atoms with Crippen LogP contribution in [0.2, 0.25) is 0 Å². The lowest BCUT2D eigenvalue weighted by Gasteiger charge is -2.15. The number of nitrogens with zero attached hydrogens (tertiary/aromatic N) is 1. The lowest BCUT2D eigenvalue weighted by molar-refractivity contribution is -0.152. The van der Waals surface area contributed by atoms with Crippen molar-refractivity contribution in [1.29, 1.82) is 5.26 Å². The van der Waals surface area contributed by atoms with Crippen molar-refractivity contribution in [2.24, 2.45) is 0 Å². The maximum atomic E-state index is 12.2. The van der Waals surface area contributed by atoms with Crippen molar-refractivity contribution >= 4 is 17.6 Å². The van der Waals surface area contributed by atoms with Gasteiger partial charge in [0.05, 0.1) is 24.8 Å². The molecule has 0 aliphatic carbocycles. The molecule has 0 aliphatic heterocycles. The van der Waals surface area contributed by atoms with Gasteiger partial charge in [0.25, 0.3) is 5.91 Å². The number of hydrogen-bond donors (Lipinski definition) is 1. The molecule has 0 aliphatic rings. The van der Waals surface area contributed by atoms with Crippen LogP contribution >= 0.6 is 0 Å². The van der Waals surface area contributed by atoms with Crippen molar-refractivity contribution in [3.05, 3.63) is 59.7 Å². The summed E-state index contributed by atoms with van der Waals surface area (Å²) in [7, 11) is 1.52. The molecule has 128 valence electrons. The minimum absolute atomic E-state index is 0.00356. The molecule has 1 amide bonds. The SMILES string of the molecule is COc1ccccc1CC(=O)O[C@@H](C)C(=O)Nc1ccccc1C#N. The molecule has 0 saturated heterocycles. The number of esters is 1. The van der Waals surface area contributed by atoms with Crippen LogP contribution in [0.3, 0.4) is 0 Å². The first-order chi connectivity index (χ1) is 12.0. The van der Waals surface area contributed by atoms with E-state index in [4.69, 9.17) is 14.7 Å². The van der Waals surface area contributed by atoms with E-state index < -0.39 is 18.0 Å². The monoisotopic (exact) mass is 338 g/mol. The van der Waals surface area contributed by atoms with Crippen LogP contribution in [0.25, 0.3) is 0 Å². The standard InChI is InChI=1S/C19H18N2O4/c1-13(19(23)21-16-9-5-3-8-15(16)12-20)25-18(22)11-14-7-4-6-10-17(14)24-2/h3-10,13H,11H2,1-2H3,(H,21,23)/t13-/m0/s1. The zero-order valence-electron chi connectivity index (χ0n) is 14.0. The first-order valence-corrected chi connectivity index (χ1v) is 7.66. The summed E-state index contributed by atoms with van der Waals surface area (Å²) in [6.07, 6.45) is -0.995. The Hall–Kier alpha value is -3.33. The zero-order chi connectivity index (χ0) is 18.2. The average Bonchev–Trinajstić information content (AvgIpc) is 2.62. The van der Waals surface area contributed by atoms with Crippen molar-refractivity contribution in [3.63, 3.8) is 0 Å². The fraction of sp³-hybridized carbons (Fsp3) is 0.211. The van der Waals surface area contributed by atoms with E-state index in [1.165, 1.54) is 14.0 Å². The number of carbonyl (C=O) groups is 2. The third-order valence-corrected chi connectivity index (χ3v) is 3.51. The molecular formula is C19H18N2O4. The van der Waals surface area contributed by atoms with Crippen LogP contribution in [0, 0.1) is 11.3 Å². The summed E-state index contributed by atoms with van der Waals surface area (Å²) in [6, 6.07) is 15.7. The van der Waals surface area contributed by atoms with Gasteiger partial charge in [0.15, 0.2) is 6.10 Å². The summed E-state index contributed by atoms with van der Waals surface area (Å²) in [5, 5.41) is 11.6. The van der Waals surface area contributed by atoms with E-state index in [2.05, 4.69) is 5.32 Å². The fourth-order valence-electron chi connectivity index (χ4n) is 2.22. The van der Waals surface area contributed by atoms with Crippen molar-refractivity contribution < 1.29 is 19.1 Å². The number of nitrogens with one attached hydrogen (secondary N) is 1. The molecule has 0 radical (unpaired) electrons. The van der Waals surface area contributed by atoms with Crippen molar-refractivity contribution in [2.75, 3.05) is 12.4 Å². The number of carbonyl (C=O) groups excluding carboxylic acids is 2. The number of amides is 1. The summed E-state index contributed by atoms with van der Waals surface area (Å²) in [5.41, 5.74) is 1.39. The molecular weight excluding hydrogens is 320 g/mol. The Labute approximate surface area is 146 Å². The summed E-state index contributed by atoms with van der Waals surface area (Å²) in [4.78, 5) is 24.2. The van der Waals surface area contributed by atoms with Gasteiger partial charge in [0, 0.05) is 5.56 Å². The largest absolute Gasteiger partial charge is 0.496 e. The van der Waals surface area contributed by atoms with Gasteiger partial charge in [-0.25, -0.2) is 0 Å². The highest BCUT2D eigenvalue weighted by molar-refractivity contribution is 5.96. The second kappa shape index (κ2) is 8.50. The van der Waals surface area contributed by atoms with Crippen LogP contribution in [-0.2, 0) is 20.7 Å². The minimum Gasteiger partial charge on any atom is -0.496 e. The maximum absolute atomic E-state index is 12.2. The molecule has 0 aromatic heterocycles. The number of rotatable bonds is 6. The number of hydrogen-bond acceptors (Lipinski definition) is 5. The van der Waals surface area contributed by atoms with Crippen LogP contribution in [-0.4, -0.2) is 25.1 Å². The van der Waals surface area contributed by atoms with Gasteiger partial charge in [-0.05, 0) is 25.1 Å². The molecule has 6 heteroatoms. The van der Waals surface area contributed by atoms with E-state index in [1.807, 2.05) is 6.07 Å². The predicted octanol–water partition coefficient (Wildman–Crippen LogP) is 2.68. The summed E-state index contributed by atoms with van der Waals surface area (Å²) >= 11 is 0. The van der Waals surface area contributed by atoms with E-state index in [1.54, 1.807) is 48.5 Å². The van der Waals surface area contributed by atoms with E-state index in [0.29, 0.717) is 22.6 Å². The van der Waals surface area contributed by atoms with Crippen LogP contribution in [0.4, 0.5) is 5.69 Å². The van der Waals surface area contributed by atoms with E-state index in [9.17, 15) is 9.59 Å².